The molecule has 2 aromatic rings. The maximum absolute atomic E-state index is 4.30. The number of halogens is 1. The van der Waals surface area contributed by atoms with Gasteiger partial charge in [0.25, 0.3) is 0 Å². The van der Waals surface area contributed by atoms with E-state index in [1.807, 2.05) is 24.3 Å². The molecule has 0 spiro atoms. The molecule has 0 aliphatic heterocycles. The highest BCUT2D eigenvalue weighted by Crippen LogP contribution is 2.16. The standard InChI is InChI=1S/C19H26N4.HI/c1-20-19(21-14-16-10-6-4-7-11-16)22-15-18(23(2)3)17-12-8-5-9-13-17;/h4-13,18H,14-15H2,1-3H3,(H2,20,21,22);1H. The zero-order chi connectivity index (χ0) is 16.5. The molecule has 2 N–H and O–H groups in total. The van der Waals surface area contributed by atoms with Crippen LogP contribution in [0.1, 0.15) is 17.2 Å². The second kappa shape index (κ2) is 11.0. The van der Waals surface area contributed by atoms with Crippen molar-refractivity contribution >= 4 is 29.9 Å². The topological polar surface area (TPSA) is 39.7 Å². The van der Waals surface area contributed by atoms with Gasteiger partial charge in [0.15, 0.2) is 5.96 Å². The van der Waals surface area contributed by atoms with E-state index in [0.29, 0.717) is 6.04 Å². The van der Waals surface area contributed by atoms with Crippen LogP contribution >= 0.6 is 24.0 Å². The first-order valence-electron chi connectivity index (χ1n) is 7.90. The summed E-state index contributed by atoms with van der Waals surface area (Å²) in [4.78, 5) is 6.52. The van der Waals surface area contributed by atoms with Crippen LogP contribution in [-0.4, -0.2) is 38.5 Å². The van der Waals surface area contributed by atoms with Crippen molar-refractivity contribution < 1.29 is 0 Å². The van der Waals surface area contributed by atoms with Gasteiger partial charge in [-0.1, -0.05) is 60.7 Å². The number of nitrogens with one attached hydrogen (secondary N) is 2. The third kappa shape index (κ3) is 6.49. The SMILES string of the molecule is CN=C(NCc1ccccc1)NCC(c1ccccc1)N(C)C.I. The molecule has 0 amide bonds. The zero-order valence-corrected chi connectivity index (χ0v) is 16.9. The Morgan fingerprint density at radius 2 is 1.54 bits per heavy atom. The van der Waals surface area contributed by atoms with Crippen LogP contribution in [-0.2, 0) is 6.54 Å². The lowest BCUT2D eigenvalue weighted by atomic mass is 10.1. The molecule has 0 aliphatic rings. The summed E-state index contributed by atoms with van der Waals surface area (Å²) in [5.74, 6) is 0.816. The minimum Gasteiger partial charge on any atom is -0.354 e. The molecule has 4 nitrogen and oxygen atoms in total. The van der Waals surface area contributed by atoms with Gasteiger partial charge in [-0.15, -0.1) is 24.0 Å². The van der Waals surface area contributed by atoms with Crippen molar-refractivity contribution in [1.29, 1.82) is 0 Å². The van der Waals surface area contributed by atoms with Gasteiger partial charge in [0, 0.05) is 20.1 Å². The van der Waals surface area contributed by atoms with Crippen molar-refractivity contribution in [3.8, 4) is 0 Å². The molecule has 0 fully saturated rings. The van der Waals surface area contributed by atoms with Crippen molar-refractivity contribution in [3.05, 3.63) is 71.8 Å². The maximum atomic E-state index is 4.30. The van der Waals surface area contributed by atoms with E-state index in [-0.39, 0.29) is 24.0 Å². The lowest BCUT2D eigenvalue weighted by Crippen LogP contribution is -2.41. The fourth-order valence-electron chi connectivity index (χ4n) is 2.47. The Bertz CT molecular complexity index is 599. The Kier molecular flexibility index (Phi) is 9.41. The molecule has 0 saturated carbocycles. The monoisotopic (exact) mass is 438 g/mol. The molecule has 5 heteroatoms. The highest BCUT2D eigenvalue weighted by Gasteiger charge is 2.14. The zero-order valence-electron chi connectivity index (χ0n) is 14.6. The normalized spacial score (nSPS) is 12.4. The van der Waals surface area contributed by atoms with Crippen LogP contribution in [0.15, 0.2) is 65.7 Å². The average molecular weight is 438 g/mol. The van der Waals surface area contributed by atoms with Crippen molar-refractivity contribution in [1.82, 2.24) is 15.5 Å². The van der Waals surface area contributed by atoms with E-state index in [9.17, 15) is 0 Å². The molecule has 0 aliphatic carbocycles. The summed E-state index contributed by atoms with van der Waals surface area (Å²) in [6, 6.07) is 21.1. The molecule has 24 heavy (non-hydrogen) atoms. The molecular formula is C19H27IN4. The van der Waals surface area contributed by atoms with Gasteiger partial charge in [0.05, 0.1) is 6.04 Å². The summed E-state index contributed by atoms with van der Waals surface area (Å²) in [5.41, 5.74) is 2.53. The maximum Gasteiger partial charge on any atom is 0.191 e. The first-order valence-corrected chi connectivity index (χ1v) is 7.90. The lowest BCUT2D eigenvalue weighted by Gasteiger charge is -2.26. The molecule has 1 atom stereocenters. The van der Waals surface area contributed by atoms with Gasteiger partial charge >= 0.3 is 0 Å². The largest absolute Gasteiger partial charge is 0.354 e. The third-order valence-corrected chi connectivity index (χ3v) is 3.80. The van der Waals surface area contributed by atoms with Crippen LogP contribution < -0.4 is 10.6 Å². The molecule has 2 aromatic carbocycles. The Morgan fingerprint density at radius 3 is 2.08 bits per heavy atom. The fraction of sp³-hybridized carbons (Fsp3) is 0.316. The number of hydrogen-bond donors (Lipinski definition) is 2. The molecule has 1 unspecified atom stereocenters. The summed E-state index contributed by atoms with van der Waals surface area (Å²) in [5, 5.41) is 6.77. The fourth-order valence-corrected chi connectivity index (χ4v) is 2.47. The van der Waals surface area contributed by atoms with E-state index >= 15 is 0 Å². The number of guanidine groups is 1. The van der Waals surface area contributed by atoms with Gasteiger partial charge < -0.3 is 15.5 Å². The predicted molar refractivity (Wildman–Crippen MR) is 113 cm³/mol. The van der Waals surface area contributed by atoms with Crippen molar-refractivity contribution in [3.63, 3.8) is 0 Å². The molecule has 130 valence electrons. The summed E-state index contributed by atoms with van der Waals surface area (Å²) >= 11 is 0. The number of hydrogen-bond acceptors (Lipinski definition) is 2. The van der Waals surface area contributed by atoms with Gasteiger partial charge in [-0.3, -0.25) is 4.99 Å². The van der Waals surface area contributed by atoms with Gasteiger partial charge in [-0.2, -0.15) is 0 Å². The van der Waals surface area contributed by atoms with Crippen LogP contribution in [0.25, 0.3) is 0 Å². The van der Waals surface area contributed by atoms with E-state index in [1.165, 1.54) is 11.1 Å². The molecule has 0 heterocycles. The number of rotatable bonds is 6. The number of aliphatic imine (C=N–C) groups is 1. The Morgan fingerprint density at radius 1 is 0.958 bits per heavy atom. The molecular weight excluding hydrogens is 411 g/mol. The summed E-state index contributed by atoms with van der Waals surface area (Å²) in [6.45, 7) is 1.56. The van der Waals surface area contributed by atoms with Crippen LogP contribution in [0.3, 0.4) is 0 Å². The molecule has 0 aromatic heterocycles. The smallest absolute Gasteiger partial charge is 0.191 e. The highest BCUT2D eigenvalue weighted by molar-refractivity contribution is 14.0. The highest BCUT2D eigenvalue weighted by atomic mass is 127. The molecule has 0 radical (unpaired) electrons. The van der Waals surface area contributed by atoms with E-state index in [2.05, 4.69) is 71.0 Å². The van der Waals surface area contributed by atoms with E-state index in [0.717, 1.165) is 19.0 Å². The quantitative estimate of drug-likeness (QED) is 0.413. The summed E-state index contributed by atoms with van der Waals surface area (Å²) in [6.07, 6.45) is 0. The van der Waals surface area contributed by atoms with Crippen LogP contribution in [0, 0.1) is 0 Å². The minimum atomic E-state index is 0. The van der Waals surface area contributed by atoms with E-state index < -0.39 is 0 Å². The molecule has 0 bridgehead atoms. The third-order valence-electron chi connectivity index (χ3n) is 3.80. The summed E-state index contributed by atoms with van der Waals surface area (Å²) in [7, 11) is 5.99. The minimum absolute atomic E-state index is 0. The van der Waals surface area contributed by atoms with Gasteiger partial charge in [-0.05, 0) is 25.2 Å². The van der Waals surface area contributed by atoms with Crippen LogP contribution in [0.4, 0.5) is 0 Å². The van der Waals surface area contributed by atoms with Crippen LogP contribution in [0.5, 0.6) is 0 Å². The second-order valence-electron chi connectivity index (χ2n) is 5.68. The Balaban J connectivity index is 0.00000288. The molecule has 0 saturated heterocycles. The van der Waals surface area contributed by atoms with Gasteiger partial charge in [0.2, 0.25) is 0 Å². The molecule has 2 rings (SSSR count). The van der Waals surface area contributed by atoms with Gasteiger partial charge in [-0.25, -0.2) is 0 Å². The van der Waals surface area contributed by atoms with Crippen LogP contribution in [0.2, 0.25) is 0 Å². The number of likely N-dealkylation sites (N-methyl/N-ethyl adjacent to an activating group) is 1. The number of nitrogens with zero attached hydrogens (tertiary/aromatic N) is 2. The lowest BCUT2D eigenvalue weighted by molar-refractivity contribution is 0.298. The van der Waals surface area contributed by atoms with E-state index in [4.69, 9.17) is 0 Å². The average Bonchev–Trinajstić information content (AvgIpc) is 2.59. The number of benzene rings is 2. The predicted octanol–water partition coefficient (Wildman–Crippen LogP) is 3.27. The summed E-state index contributed by atoms with van der Waals surface area (Å²) < 4.78 is 0. The first kappa shape index (κ1) is 20.4. The van der Waals surface area contributed by atoms with Crippen molar-refractivity contribution in [2.45, 2.75) is 12.6 Å². The Labute approximate surface area is 162 Å². The van der Waals surface area contributed by atoms with Crippen molar-refractivity contribution in [2.75, 3.05) is 27.7 Å². The van der Waals surface area contributed by atoms with Gasteiger partial charge in [0.1, 0.15) is 0 Å². The second-order valence-corrected chi connectivity index (χ2v) is 5.68. The Hall–Kier alpha value is -1.60. The van der Waals surface area contributed by atoms with E-state index in [1.54, 1.807) is 7.05 Å². The van der Waals surface area contributed by atoms with Crippen molar-refractivity contribution in [2.24, 2.45) is 4.99 Å². The first-order chi connectivity index (χ1) is 11.2.